The lowest BCUT2D eigenvalue weighted by Gasteiger charge is -2.19. The molecule has 0 aromatic heterocycles. The van der Waals surface area contributed by atoms with Crippen LogP contribution >= 0.6 is 0 Å². The zero-order valence-corrected chi connectivity index (χ0v) is 9.27. The molecule has 94 valence electrons. The first-order valence-corrected chi connectivity index (χ1v) is 5.50. The van der Waals surface area contributed by atoms with Crippen LogP contribution in [0.3, 0.4) is 0 Å². The van der Waals surface area contributed by atoms with Crippen LogP contribution in [0.4, 0.5) is 0 Å². The SMILES string of the molecule is OC[C@H]1OC(O)[C@H](O)[C@@H]1OCc1ccccc1. The van der Waals surface area contributed by atoms with E-state index in [1.54, 1.807) is 0 Å². The topological polar surface area (TPSA) is 79.2 Å². The molecule has 17 heavy (non-hydrogen) atoms. The van der Waals surface area contributed by atoms with Crippen molar-refractivity contribution in [1.82, 2.24) is 0 Å². The van der Waals surface area contributed by atoms with Crippen molar-refractivity contribution in [2.24, 2.45) is 0 Å². The normalized spacial score (nSPS) is 32.9. The fraction of sp³-hybridized carbons (Fsp3) is 0.500. The fourth-order valence-electron chi connectivity index (χ4n) is 1.84. The lowest BCUT2D eigenvalue weighted by Crippen LogP contribution is -2.36. The molecule has 1 aliphatic rings. The number of hydrogen-bond donors (Lipinski definition) is 3. The largest absolute Gasteiger partial charge is 0.394 e. The van der Waals surface area contributed by atoms with Gasteiger partial charge in [0.1, 0.15) is 18.3 Å². The maximum Gasteiger partial charge on any atom is 0.184 e. The maximum atomic E-state index is 9.63. The Morgan fingerprint density at radius 1 is 1.18 bits per heavy atom. The summed E-state index contributed by atoms with van der Waals surface area (Å²) in [5, 5.41) is 28.0. The van der Waals surface area contributed by atoms with Crippen LogP contribution in [0.25, 0.3) is 0 Å². The Hall–Kier alpha value is -0.980. The molecule has 4 atom stereocenters. The lowest BCUT2D eigenvalue weighted by atomic mass is 10.1. The van der Waals surface area contributed by atoms with Crippen LogP contribution in [0, 0.1) is 0 Å². The highest BCUT2D eigenvalue weighted by Crippen LogP contribution is 2.23. The van der Waals surface area contributed by atoms with Gasteiger partial charge in [-0.2, -0.15) is 0 Å². The fourth-order valence-corrected chi connectivity index (χ4v) is 1.84. The smallest absolute Gasteiger partial charge is 0.184 e. The predicted molar refractivity (Wildman–Crippen MR) is 59.0 cm³/mol. The second kappa shape index (κ2) is 5.57. The van der Waals surface area contributed by atoms with Crippen molar-refractivity contribution in [3.05, 3.63) is 35.9 Å². The molecule has 0 spiro atoms. The van der Waals surface area contributed by atoms with Crippen LogP contribution in [-0.4, -0.2) is 46.5 Å². The predicted octanol–water partition coefficient (Wildman–Crippen LogP) is -0.358. The van der Waals surface area contributed by atoms with Crippen LogP contribution < -0.4 is 0 Å². The number of benzene rings is 1. The minimum absolute atomic E-state index is 0.298. The minimum atomic E-state index is -1.30. The molecule has 3 N–H and O–H groups in total. The van der Waals surface area contributed by atoms with E-state index < -0.39 is 24.6 Å². The maximum absolute atomic E-state index is 9.63. The second-order valence-corrected chi connectivity index (χ2v) is 4.00. The Morgan fingerprint density at radius 2 is 1.88 bits per heavy atom. The Labute approximate surface area is 99.2 Å². The van der Waals surface area contributed by atoms with Gasteiger partial charge in [0.05, 0.1) is 13.2 Å². The van der Waals surface area contributed by atoms with E-state index in [0.717, 1.165) is 5.56 Å². The Bertz CT molecular complexity index is 342. The molecule has 1 aliphatic heterocycles. The highest BCUT2D eigenvalue weighted by molar-refractivity contribution is 5.13. The number of aliphatic hydroxyl groups is 3. The zero-order chi connectivity index (χ0) is 12.3. The number of ether oxygens (including phenoxy) is 2. The molecule has 0 radical (unpaired) electrons. The van der Waals surface area contributed by atoms with Crippen molar-refractivity contribution in [3.63, 3.8) is 0 Å². The van der Waals surface area contributed by atoms with Gasteiger partial charge in [-0.25, -0.2) is 0 Å². The van der Waals surface area contributed by atoms with Gasteiger partial charge in [-0.3, -0.25) is 0 Å². The average molecular weight is 240 g/mol. The van der Waals surface area contributed by atoms with Crippen molar-refractivity contribution in [2.75, 3.05) is 6.61 Å². The summed E-state index contributed by atoms with van der Waals surface area (Å²) >= 11 is 0. The minimum Gasteiger partial charge on any atom is -0.394 e. The van der Waals surface area contributed by atoms with Crippen molar-refractivity contribution in [2.45, 2.75) is 31.2 Å². The monoisotopic (exact) mass is 240 g/mol. The third kappa shape index (κ3) is 2.83. The molecule has 5 nitrogen and oxygen atoms in total. The van der Waals surface area contributed by atoms with Gasteiger partial charge in [-0.1, -0.05) is 30.3 Å². The van der Waals surface area contributed by atoms with E-state index in [0.29, 0.717) is 6.61 Å². The summed E-state index contributed by atoms with van der Waals surface area (Å²) in [6.45, 7) is 0.00270. The zero-order valence-electron chi connectivity index (χ0n) is 9.27. The third-order valence-corrected chi connectivity index (χ3v) is 2.77. The first-order chi connectivity index (χ1) is 8.22. The van der Waals surface area contributed by atoms with Crippen LogP contribution in [0.1, 0.15) is 5.56 Å². The molecule has 1 aromatic rings. The number of aliphatic hydroxyl groups excluding tert-OH is 3. The van der Waals surface area contributed by atoms with Gasteiger partial charge in [0.25, 0.3) is 0 Å². The van der Waals surface area contributed by atoms with Gasteiger partial charge >= 0.3 is 0 Å². The van der Waals surface area contributed by atoms with E-state index in [2.05, 4.69) is 0 Å². The van der Waals surface area contributed by atoms with Crippen LogP contribution in [-0.2, 0) is 16.1 Å². The van der Waals surface area contributed by atoms with Gasteiger partial charge < -0.3 is 24.8 Å². The van der Waals surface area contributed by atoms with Gasteiger partial charge in [-0.15, -0.1) is 0 Å². The third-order valence-electron chi connectivity index (χ3n) is 2.77. The van der Waals surface area contributed by atoms with E-state index in [1.807, 2.05) is 30.3 Å². The number of hydrogen-bond acceptors (Lipinski definition) is 5. The van der Waals surface area contributed by atoms with E-state index >= 15 is 0 Å². The summed E-state index contributed by atoms with van der Waals surface area (Å²) in [4.78, 5) is 0. The highest BCUT2D eigenvalue weighted by Gasteiger charge is 2.43. The first kappa shape index (κ1) is 12.5. The standard InChI is InChI=1S/C12H16O5/c13-6-9-11(10(14)12(15)17-9)16-7-8-4-2-1-3-5-8/h1-5,9-15H,6-7H2/t9-,10-,11-,12?/m1/s1. The molecule has 0 amide bonds. The van der Waals surface area contributed by atoms with Gasteiger partial charge in [0.2, 0.25) is 0 Å². The summed E-state index contributed by atoms with van der Waals surface area (Å²) in [6, 6.07) is 9.47. The summed E-state index contributed by atoms with van der Waals surface area (Å²) in [5.74, 6) is 0. The molecule has 1 unspecified atom stereocenters. The molecule has 1 aromatic carbocycles. The Kier molecular flexibility index (Phi) is 4.09. The van der Waals surface area contributed by atoms with Crippen LogP contribution in [0.5, 0.6) is 0 Å². The van der Waals surface area contributed by atoms with Crippen molar-refractivity contribution in [1.29, 1.82) is 0 Å². The molecule has 0 bridgehead atoms. The molecular weight excluding hydrogens is 224 g/mol. The molecule has 0 saturated carbocycles. The Morgan fingerprint density at radius 3 is 2.53 bits per heavy atom. The van der Waals surface area contributed by atoms with E-state index in [1.165, 1.54) is 0 Å². The molecule has 2 rings (SSSR count). The number of rotatable bonds is 4. The first-order valence-electron chi connectivity index (χ1n) is 5.50. The summed E-state index contributed by atoms with van der Waals surface area (Å²) in [7, 11) is 0. The second-order valence-electron chi connectivity index (χ2n) is 4.00. The summed E-state index contributed by atoms with van der Waals surface area (Å²) in [6.07, 6.45) is -3.83. The highest BCUT2D eigenvalue weighted by atomic mass is 16.7. The molecular formula is C12H16O5. The van der Waals surface area contributed by atoms with Crippen LogP contribution in [0.15, 0.2) is 30.3 Å². The van der Waals surface area contributed by atoms with E-state index in [9.17, 15) is 10.2 Å². The van der Waals surface area contributed by atoms with Crippen molar-refractivity contribution >= 4 is 0 Å². The van der Waals surface area contributed by atoms with Gasteiger partial charge in [-0.05, 0) is 5.56 Å². The lowest BCUT2D eigenvalue weighted by molar-refractivity contribution is -0.132. The molecule has 5 heteroatoms. The van der Waals surface area contributed by atoms with Gasteiger partial charge in [0.15, 0.2) is 6.29 Å². The van der Waals surface area contributed by atoms with Crippen LogP contribution in [0.2, 0.25) is 0 Å². The Balaban J connectivity index is 1.93. The molecule has 1 heterocycles. The van der Waals surface area contributed by atoms with Crippen molar-refractivity contribution < 1.29 is 24.8 Å². The average Bonchev–Trinajstić information content (AvgIpc) is 2.64. The summed E-state index contributed by atoms with van der Waals surface area (Å²) < 4.78 is 10.4. The summed E-state index contributed by atoms with van der Waals surface area (Å²) in [5.41, 5.74) is 0.956. The quantitative estimate of drug-likeness (QED) is 0.670. The van der Waals surface area contributed by atoms with Crippen molar-refractivity contribution in [3.8, 4) is 0 Å². The molecule has 1 saturated heterocycles. The molecule has 1 fully saturated rings. The van der Waals surface area contributed by atoms with E-state index in [4.69, 9.17) is 14.6 Å². The molecule has 0 aliphatic carbocycles. The van der Waals surface area contributed by atoms with Gasteiger partial charge in [0, 0.05) is 0 Å². The van der Waals surface area contributed by atoms with E-state index in [-0.39, 0.29) is 6.61 Å².